The molecule has 1 fully saturated rings. The Labute approximate surface area is 92.6 Å². The highest BCUT2D eigenvalue weighted by atomic mass is 16.5. The van der Waals surface area contributed by atoms with E-state index in [1.54, 1.807) is 0 Å². The molecule has 5 heteroatoms. The summed E-state index contributed by atoms with van der Waals surface area (Å²) in [5.74, 6) is -0.813. The minimum Gasteiger partial charge on any atom is -0.342 e. The Morgan fingerprint density at radius 1 is 1.31 bits per heavy atom. The van der Waals surface area contributed by atoms with Crippen LogP contribution in [0.1, 0.15) is 5.56 Å². The maximum atomic E-state index is 11.5. The zero-order valence-electron chi connectivity index (χ0n) is 8.59. The average Bonchev–Trinajstić information content (AvgIpc) is 2.27. The third kappa shape index (κ3) is 2.20. The Morgan fingerprint density at radius 3 is 2.69 bits per heavy atom. The fourth-order valence-electron chi connectivity index (χ4n) is 1.68. The molecule has 0 saturated carbocycles. The lowest BCUT2D eigenvalue weighted by Crippen LogP contribution is -2.57. The van der Waals surface area contributed by atoms with E-state index in [0.29, 0.717) is 11.5 Å². The first-order valence-corrected chi connectivity index (χ1v) is 5.00. The van der Waals surface area contributed by atoms with Crippen LogP contribution < -0.4 is 5.32 Å². The summed E-state index contributed by atoms with van der Waals surface area (Å²) in [7, 11) is 0. The van der Waals surface area contributed by atoms with Crippen LogP contribution in [0, 0.1) is 0 Å². The fraction of sp³-hybridized carbons (Fsp3) is 0.273. The molecular formula is C11H12N2O3. The van der Waals surface area contributed by atoms with E-state index in [1.165, 1.54) is 0 Å². The van der Waals surface area contributed by atoms with Gasteiger partial charge in [0.25, 0.3) is 5.91 Å². The molecule has 1 aliphatic rings. The van der Waals surface area contributed by atoms with E-state index in [2.05, 4.69) is 5.32 Å². The Balaban J connectivity index is 2.09. The zero-order valence-corrected chi connectivity index (χ0v) is 8.59. The van der Waals surface area contributed by atoms with E-state index >= 15 is 0 Å². The van der Waals surface area contributed by atoms with Crippen LogP contribution >= 0.6 is 0 Å². The number of amides is 2. The maximum absolute atomic E-state index is 11.5. The minimum atomic E-state index is -0.673. The molecule has 1 saturated heterocycles. The van der Waals surface area contributed by atoms with Crippen LogP contribution in [0.15, 0.2) is 30.3 Å². The maximum Gasteiger partial charge on any atom is 0.269 e. The quantitative estimate of drug-likeness (QED) is 0.686. The van der Waals surface area contributed by atoms with Gasteiger partial charge in [0.1, 0.15) is 12.6 Å². The van der Waals surface area contributed by atoms with Gasteiger partial charge in [0.05, 0.1) is 0 Å². The van der Waals surface area contributed by atoms with Crippen LogP contribution in [-0.2, 0) is 16.0 Å². The number of rotatable bonds is 2. The number of carbonyl (C=O) groups excluding carboxylic acids is 2. The van der Waals surface area contributed by atoms with Crippen molar-refractivity contribution in [2.75, 3.05) is 6.54 Å². The minimum absolute atomic E-state index is 0.288. The molecule has 1 aromatic rings. The summed E-state index contributed by atoms with van der Waals surface area (Å²) >= 11 is 0. The molecule has 16 heavy (non-hydrogen) atoms. The highest BCUT2D eigenvalue weighted by molar-refractivity contribution is 5.94. The van der Waals surface area contributed by atoms with Crippen molar-refractivity contribution >= 4 is 11.8 Å². The van der Waals surface area contributed by atoms with Crippen molar-refractivity contribution in [2.24, 2.45) is 0 Å². The fourth-order valence-corrected chi connectivity index (χ4v) is 1.68. The van der Waals surface area contributed by atoms with Gasteiger partial charge in [-0.25, -0.2) is 5.06 Å². The summed E-state index contributed by atoms with van der Waals surface area (Å²) in [6, 6.07) is 8.67. The monoisotopic (exact) mass is 220 g/mol. The third-order valence-corrected chi connectivity index (χ3v) is 2.46. The van der Waals surface area contributed by atoms with Gasteiger partial charge in [-0.2, -0.15) is 0 Å². The predicted octanol–water partition coefficient (Wildman–Crippen LogP) is -0.0547. The number of hydroxylamine groups is 2. The van der Waals surface area contributed by atoms with Gasteiger partial charge in [0.15, 0.2) is 0 Å². The molecule has 2 N–H and O–H groups in total. The van der Waals surface area contributed by atoms with Crippen molar-refractivity contribution in [2.45, 2.75) is 12.5 Å². The third-order valence-electron chi connectivity index (χ3n) is 2.46. The lowest BCUT2D eigenvalue weighted by molar-refractivity contribution is -0.177. The Bertz CT molecular complexity index is 405. The van der Waals surface area contributed by atoms with Crippen molar-refractivity contribution < 1.29 is 14.8 Å². The molecule has 2 rings (SSSR count). The van der Waals surface area contributed by atoms with Crippen LogP contribution in [0.25, 0.3) is 0 Å². The van der Waals surface area contributed by atoms with Crippen molar-refractivity contribution in [3.63, 3.8) is 0 Å². The zero-order chi connectivity index (χ0) is 11.5. The van der Waals surface area contributed by atoms with Crippen molar-refractivity contribution in [1.29, 1.82) is 0 Å². The largest absolute Gasteiger partial charge is 0.342 e. The summed E-state index contributed by atoms with van der Waals surface area (Å²) in [6.07, 6.45) is 0.391. The second kappa shape index (κ2) is 4.32. The molecule has 0 spiro atoms. The lowest BCUT2D eigenvalue weighted by atomic mass is 10.0. The van der Waals surface area contributed by atoms with Gasteiger partial charge < -0.3 is 5.32 Å². The predicted molar refractivity (Wildman–Crippen MR) is 55.6 cm³/mol. The first-order chi connectivity index (χ1) is 7.66. The number of hydrogen-bond acceptors (Lipinski definition) is 3. The topological polar surface area (TPSA) is 69.6 Å². The second-order valence-corrected chi connectivity index (χ2v) is 3.71. The van der Waals surface area contributed by atoms with Crippen molar-refractivity contribution in [3.8, 4) is 0 Å². The molecule has 0 aromatic heterocycles. The number of carbonyl (C=O) groups is 2. The van der Waals surface area contributed by atoms with E-state index in [4.69, 9.17) is 0 Å². The molecule has 0 aliphatic carbocycles. The molecular weight excluding hydrogens is 208 g/mol. The van der Waals surface area contributed by atoms with E-state index in [0.717, 1.165) is 5.56 Å². The van der Waals surface area contributed by atoms with Crippen LogP contribution in [0.2, 0.25) is 0 Å². The Kier molecular flexibility index (Phi) is 2.87. The Morgan fingerprint density at radius 2 is 2.00 bits per heavy atom. The van der Waals surface area contributed by atoms with Crippen molar-refractivity contribution in [1.82, 2.24) is 10.4 Å². The Hall–Kier alpha value is -1.88. The molecule has 1 aromatic carbocycles. The van der Waals surface area contributed by atoms with E-state index in [1.807, 2.05) is 30.3 Å². The van der Waals surface area contributed by atoms with Crippen LogP contribution in [-0.4, -0.2) is 34.7 Å². The van der Waals surface area contributed by atoms with Crippen molar-refractivity contribution in [3.05, 3.63) is 35.9 Å². The average molecular weight is 220 g/mol. The molecule has 1 heterocycles. The standard InChI is InChI=1S/C11H12N2O3/c14-10-7-13(16)11(15)9(12-10)6-8-4-2-1-3-5-8/h1-5,9,16H,6-7H2,(H,12,14)/t9-/m0/s1. The number of nitrogens with zero attached hydrogens (tertiary/aromatic N) is 1. The highest BCUT2D eigenvalue weighted by Crippen LogP contribution is 2.07. The SMILES string of the molecule is O=C1CN(O)C(=O)[C@H](Cc2ccccc2)N1. The van der Waals surface area contributed by atoms with Crippen LogP contribution in [0.5, 0.6) is 0 Å². The van der Waals surface area contributed by atoms with Gasteiger partial charge in [-0.1, -0.05) is 30.3 Å². The first-order valence-electron chi connectivity index (χ1n) is 5.00. The van der Waals surface area contributed by atoms with Gasteiger partial charge in [-0.15, -0.1) is 0 Å². The van der Waals surface area contributed by atoms with E-state index < -0.39 is 11.9 Å². The van der Waals surface area contributed by atoms with E-state index in [-0.39, 0.29) is 12.5 Å². The molecule has 84 valence electrons. The normalized spacial score (nSPS) is 20.8. The molecule has 1 aliphatic heterocycles. The number of hydrogen-bond donors (Lipinski definition) is 2. The molecule has 5 nitrogen and oxygen atoms in total. The van der Waals surface area contributed by atoms with Gasteiger partial charge in [0.2, 0.25) is 5.91 Å². The lowest BCUT2D eigenvalue weighted by Gasteiger charge is -2.27. The van der Waals surface area contributed by atoms with Gasteiger partial charge in [0, 0.05) is 6.42 Å². The summed E-state index contributed by atoms with van der Waals surface area (Å²) < 4.78 is 0. The van der Waals surface area contributed by atoms with Gasteiger partial charge >= 0.3 is 0 Å². The van der Waals surface area contributed by atoms with Gasteiger partial charge in [-0.3, -0.25) is 14.8 Å². The van der Waals surface area contributed by atoms with Crippen LogP contribution in [0.3, 0.4) is 0 Å². The molecule has 0 bridgehead atoms. The number of piperazine rings is 1. The molecule has 0 unspecified atom stereocenters. The smallest absolute Gasteiger partial charge is 0.269 e. The highest BCUT2D eigenvalue weighted by Gasteiger charge is 2.31. The number of nitrogens with one attached hydrogen (secondary N) is 1. The molecule has 1 atom stereocenters. The second-order valence-electron chi connectivity index (χ2n) is 3.71. The summed E-state index contributed by atoms with van der Waals surface area (Å²) in [6.45, 7) is -0.288. The number of benzene rings is 1. The first kappa shape index (κ1) is 10.6. The van der Waals surface area contributed by atoms with Gasteiger partial charge in [-0.05, 0) is 5.56 Å². The summed E-state index contributed by atoms with van der Waals surface area (Å²) in [5, 5.41) is 12.2. The summed E-state index contributed by atoms with van der Waals surface area (Å²) in [5.41, 5.74) is 0.941. The molecule has 0 radical (unpaired) electrons. The summed E-state index contributed by atoms with van der Waals surface area (Å²) in [4.78, 5) is 22.7. The molecule has 2 amide bonds. The van der Waals surface area contributed by atoms with E-state index in [9.17, 15) is 14.8 Å². The van der Waals surface area contributed by atoms with Crippen LogP contribution in [0.4, 0.5) is 0 Å².